The molecule has 26 heavy (non-hydrogen) atoms. The lowest BCUT2D eigenvalue weighted by Crippen LogP contribution is -2.21. The molecule has 0 radical (unpaired) electrons. The Morgan fingerprint density at radius 2 is 1.77 bits per heavy atom. The van der Waals surface area contributed by atoms with E-state index in [0.29, 0.717) is 29.8 Å². The van der Waals surface area contributed by atoms with Crippen LogP contribution in [0, 0.1) is 0 Å². The van der Waals surface area contributed by atoms with Crippen molar-refractivity contribution in [3.8, 4) is 5.75 Å². The molecule has 0 aliphatic carbocycles. The Hall–Kier alpha value is -3.15. The average Bonchev–Trinajstić information content (AvgIpc) is 2.65. The molecule has 2 N–H and O–H groups in total. The number of Topliss-reactive ketones (excluding diaryl/α,β-unsaturated/α-hetero) is 1. The van der Waals surface area contributed by atoms with Gasteiger partial charge in [-0.15, -0.1) is 0 Å². The largest absolute Gasteiger partial charge is 0.484 e. The van der Waals surface area contributed by atoms with Crippen molar-refractivity contribution < 1.29 is 19.1 Å². The summed E-state index contributed by atoms with van der Waals surface area (Å²) in [4.78, 5) is 34.6. The molecular weight excluding hydrogens is 332 g/mol. The summed E-state index contributed by atoms with van der Waals surface area (Å²) in [6, 6.07) is 14.0. The molecule has 0 bridgehead atoms. The molecule has 0 saturated carbocycles. The highest BCUT2D eigenvalue weighted by atomic mass is 16.5. The molecular formula is C20H22N2O4. The third kappa shape index (κ3) is 6.05. The standard InChI is InChI=1S/C20H22N2O4/c1-14(23)6-7-15-8-10-18(11-9-15)26-13-19(24)22-17-5-3-4-16(12-17)20(25)21-2/h3-5,8-12H,6-7,13H2,1-2H3,(H,21,25)(H,22,24). The molecule has 0 atom stereocenters. The van der Waals surface area contributed by atoms with Gasteiger partial charge in [0.25, 0.3) is 11.8 Å². The van der Waals surface area contributed by atoms with Crippen LogP contribution in [0.25, 0.3) is 0 Å². The monoisotopic (exact) mass is 354 g/mol. The van der Waals surface area contributed by atoms with Gasteiger partial charge in [0.1, 0.15) is 11.5 Å². The number of benzene rings is 2. The first-order chi connectivity index (χ1) is 12.5. The first-order valence-corrected chi connectivity index (χ1v) is 8.31. The SMILES string of the molecule is CNC(=O)c1cccc(NC(=O)COc2ccc(CCC(C)=O)cc2)c1. The van der Waals surface area contributed by atoms with Gasteiger partial charge in [-0.3, -0.25) is 9.59 Å². The minimum atomic E-state index is -0.320. The Balaban J connectivity index is 1.85. The maximum Gasteiger partial charge on any atom is 0.262 e. The van der Waals surface area contributed by atoms with Crippen LogP contribution >= 0.6 is 0 Å². The molecule has 0 aliphatic rings. The van der Waals surface area contributed by atoms with Gasteiger partial charge in [-0.2, -0.15) is 0 Å². The molecule has 2 aromatic rings. The summed E-state index contributed by atoms with van der Waals surface area (Å²) < 4.78 is 5.46. The van der Waals surface area contributed by atoms with E-state index in [0.717, 1.165) is 5.56 Å². The van der Waals surface area contributed by atoms with Crippen LogP contribution in [0.2, 0.25) is 0 Å². The van der Waals surface area contributed by atoms with E-state index in [1.54, 1.807) is 50.4 Å². The summed E-state index contributed by atoms with van der Waals surface area (Å²) in [5.41, 5.74) is 2.04. The number of hydrogen-bond acceptors (Lipinski definition) is 4. The molecule has 0 aliphatic heterocycles. The zero-order chi connectivity index (χ0) is 18.9. The molecule has 6 heteroatoms. The zero-order valence-electron chi connectivity index (χ0n) is 14.9. The van der Waals surface area contributed by atoms with Gasteiger partial charge in [-0.25, -0.2) is 0 Å². The second-order valence-corrected chi connectivity index (χ2v) is 5.84. The highest BCUT2D eigenvalue weighted by Gasteiger charge is 2.07. The normalized spacial score (nSPS) is 10.1. The molecule has 0 spiro atoms. The summed E-state index contributed by atoms with van der Waals surface area (Å²) in [5.74, 6) is 0.190. The molecule has 0 heterocycles. The fraction of sp³-hybridized carbons (Fsp3) is 0.250. The number of ketones is 1. The summed E-state index contributed by atoms with van der Waals surface area (Å²) in [7, 11) is 1.55. The van der Waals surface area contributed by atoms with Crippen LogP contribution in [0.3, 0.4) is 0 Å². The maximum absolute atomic E-state index is 12.0. The third-order valence-electron chi connectivity index (χ3n) is 3.69. The summed E-state index contributed by atoms with van der Waals surface area (Å²) >= 11 is 0. The van der Waals surface area contributed by atoms with Crippen molar-refractivity contribution in [1.82, 2.24) is 5.32 Å². The van der Waals surface area contributed by atoms with Crippen molar-refractivity contribution in [2.45, 2.75) is 19.8 Å². The lowest BCUT2D eigenvalue weighted by molar-refractivity contribution is -0.118. The highest BCUT2D eigenvalue weighted by Crippen LogP contribution is 2.14. The molecule has 0 fully saturated rings. The number of nitrogens with one attached hydrogen (secondary N) is 2. The Kier molecular flexibility index (Phi) is 6.91. The van der Waals surface area contributed by atoms with Crippen molar-refractivity contribution in [3.05, 3.63) is 59.7 Å². The van der Waals surface area contributed by atoms with E-state index in [1.165, 1.54) is 0 Å². The maximum atomic E-state index is 12.0. The van der Waals surface area contributed by atoms with E-state index >= 15 is 0 Å². The first kappa shape index (κ1) is 19.2. The van der Waals surface area contributed by atoms with Gasteiger partial charge >= 0.3 is 0 Å². The second kappa shape index (κ2) is 9.36. The van der Waals surface area contributed by atoms with Crippen LogP contribution in [-0.4, -0.2) is 31.3 Å². The highest BCUT2D eigenvalue weighted by molar-refractivity contribution is 5.97. The van der Waals surface area contributed by atoms with Gasteiger partial charge in [-0.1, -0.05) is 18.2 Å². The van der Waals surface area contributed by atoms with E-state index in [1.807, 2.05) is 12.1 Å². The summed E-state index contributed by atoms with van der Waals surface area (Å²) in [6.45, 7) is 1.43. The van der Waals surface area contributed by atoms with Crippen LogP contribution in [0.15, 0.2) is 48.5 Å². The molecule has 6 nitrogen and oxygen atoms in total. The number of rotatable bonds is 8. The minimum Gasteiger partial charge on any atom is -0.484 e. The van der Waals surface area contributed by atoms with E-state index < -0.39 is 0 Å². The van der Waals surface area contributed by atoms with Crippen molar-refractivity contribution in [3.63, 3.8) is 0 Å². The number of hydrogen-bond donors (Lipinski definition) is 2. The van der Waals surface area contributed by atoms with Gasteiger partial charge in [0, 0.05) is 24.7 Å². The predicted octanol–water partition coefficient (Wildman–Crippen LogP) is 2.59. The van der Waals surface area contributed by atoms with Gasteiger partial charge in [0.2, 0.25) is 0 Å². The van der Waals surface area contributed by atoms with E-state index in [4.69, 9.17) is 4.74 Å². The van der Waals surface area contributed by atoms with Crippen molar-refractivity contribution in [2.75, 3.05) is 19.0 Å². The third-order valence-corrected chi connectivity index (χ3v) is 3.69. The first-order valence-electron chi connectivity index (χ1n) is 8.31. The smallest absolute Gasteiger partial charge is 0.262 e. The Morgan fingerprint density at radius 3 is 2.42 bits per heavy atom. The average molecular weight is 354 g/mol. The Morgan fingerprint density at radius 1 is 1.04 bits per heavy atom. The van der Waals surface area contributed by atoms with Crippen LogP contribution in [0.4, 0.5) is 5.69 Å². The van der Waals surface area contributed by atoms with Gasteiger partial charge in [0.15, 0.2) is 6.61 Å². The Labute approximate surface area is 152 Å². The number of amides is 2. The summed E-state index contributed by atoms with van der Waals surface area (Å²) in [5, 5.41) is 5.23. The quantitative estimate of drug-likeness (QED) is 0.763. The number of anilines is 1. The lowest BCUT2D eigenvalue weighted by Gasteiger charge is -2.09. The van der Waals surface area contributed by atoms with E-state index in [2.05, 4.69) is 10.6 Å². The molecule has 0 unspecified atom stereocenters. The predicted molar refractivity (Wildman–Crippen MR) is 99.4 cm³/mol. The lowest BCUT2D eigenvalue weighted by atomic mass is 10.1. The molecule has 0 aromatic heterocycles. The number of carbonyl (C=O) groups excluding carboxylic acids is 3. The second-order valence-electron chi connectivity index (χ2n) is 5.84. The van der Waals surface area contributed by atoms with E-state index in [9.17, 15) is 14.4 Å². The number of ether oxygens (including phenoxy) is 1. The van der Waals surface area contributed by atoms with Crippen LogP contribution in [0.5, 0.6) is 5.75 Å². The number of aryl methyl sites for hydroxylation is 1. The zero-order valence-corrected chi connectivity index (χ0v) is 14.9. The Bertz CT molecular complexity index is 785. The van der Waals surface area contributed by atoms with Crippen molar-refractivity contribution >= 4 is 23.3 Å². The number of carbonyl (C=O) groups is 3. The van der Waals surface area contributed by atoms with Crippen LogP contribution in [-0.2, 0) is 16.0 Å². The van der Waals surface area contributed by atoms with Crippen LogP contribution in [0.1, 0.15) is 29.3 Å². The summed E-state index contributed by atoms with van der Waals surface area (Å²) in [6.07, 6.45) is 1.20. The van der Waals surface area contributed by atoms with Gasteiger partial charge in [0.05, 0.1) is 0 Å². The molecule has 2 aromatic carbocycles. The van der Waals surface area contributed by atoms with Crippen LogP contribution < -0.4 is 15.4 Å². The van der Waals surface area contributed by atoms with E-state index in [-0.39, 0.29) is 24.2 Å². The molecule has 0 saturated heterocycles. The topological polar surface area (TPSA) is 84.5 Å². The minimum absolute atomic E-state index is 0.142. The van der Waals surface area contributed by atoms with Gasteiger partial charge in [-0.05, 0) is 49.2 Å². The van der Waals surface area contributed by atoms with Crippen molar-refractivity contribution in [2.24, 2.45) is 0 Å². The fourth-order valence-corrected chi connectivity index (χ4v) is 2.30. The fourth-order valence-electron chi connectivity index (χ4n) is 2.30. The molecule has 2 amide bonds. The van der Waals surface area contributed by atoms with Crippen molar-refractivity contribution in [1.29, 1.82) is 0 Å². The molecule has 136 valence electrons. The van der Waals surface area contributed by atoms with Gasteiger partial charge < -0.3 is 20.2 Å². The molecule has 2 rings (SSSR count).